The third-order valence-corrected chi connectivity index (χ3v) is 9.41. The Kier molecular flexibility index (Phi) is 5.60. The number of rotatable bonds is 4. The van der Waals surface area contributed by atoms with E-state index in [9.17, 15) is 19.2 Å². The van der Waals surface area contributed by atoms with Gasteiger partial charge in [0.25, 0.3) is 0 Å². The predicted molar refractivity (Wildman–Crippen MR) is 119 cm³/mol. The zero-order chi connectivity index (χ0) is 23.6. The van der Waals surface area contributed by atoms with Gasteiger partial charge in [0.1, 0.15) is 23.7 Å². The van der Waals surface area contributed by atoms with Gasteiger partial charge in [-0.2, -0.15) is 0 Å². The van der Waals surface area contributed by atoms with Crippen LogP contribution in [0.15, 0.2) is 23.3 Å². The molecule has 4 rings (SSSR count). The minimum Gasteiger partial charge on any atom is -0.460 e. The van der Waals surface area contributed by atoms with Crippen LogP contribution in [-0.4, -0.2) is 35.5 Å². The zero-order valence-electron chi connectivity index (χ0n) is 19.8. The summed E-state index contributed by atoms with van der Waals surface area (Å²) in [5.74, 6) is -0.215. The van der Waals surface area contributed by atoms with Gasteiger partial charge in [-0.1, -0.05) is 25.0 Å². The Bertz CT molecular complexity index is 948. The van der Waals surface area contributed by atoms with Crippen molar-refractivity contribution in [1.29, 1.82) is 0 Å². The van der Waals surface area contributed by atoms with Crippen LogP contribution in [0.25, 0.3) is 0 Å². The van der Waals surface area contributed by atoms with E-state index in [0.29, 0.717) is 5.92 Å². The van der Waals surface area contributed by atoms with Gasteiger partial charge >= 0.3 is 5.97 Å². The molecule has 1 unspecified atom stereocenters. The lowest BCUT2D eigenvalue weighted by Crippen LogP contribution is -2.55. The maximum absolute atomic E-state index is 13.3. The van der Waals surface area contributed by atoms with E-state index in [0.717, 1.165) is 31.3 Å². The first-order valence-corrected chi connectivity index (χ1v) is 11.8. The molecular weight excluding hydrogens is 406 g/mol. The van der Waals surface area contributed by atoms with E-state index in [4.69, 9.17) is 10.5 Å². The molecule has 6 heteroatoms. The number of esters is 1. The summed E-state index contributed by atoms with van der Waals surface area (Å²) in [6.07, 6.45) is 6.44. The van der Waals surface area contributed by atoms with E-state index < -0.39 is 23.5 Å². The number of carbonyl (C=O) groups is 4. The van der Waals surface area contributed by atoms with Crippen LogP contribution in [0.5, 0.6) is 0 Å². The second-order valence-corrected chi connectivity index (χ2v) is 10.9. The van der Waals surface area contributed by atoms with Gasteiger partial charge in [0, 0.05) is 30.1 Å². The lowest BCUT2D eigenvalue weighted by molar-refractivity contribution is -0.156. The van der Waals surface area contributed by atoms with E-state index in [1.54, 1.807) is 6.08 Å². The summed E-state index contributed by atoms with van der Waals surface area (Å²) in [6.45, 7) is 9.08. The Morgan fingerprint density at radius 2 is 1.84 bits per heavy atom. The molecule has 0 aromatic heterocycles. The van der Waals surface area contributed by atoms with Gasteiger partial charge in [-0.3, -0.25) is 19.2 Å². The summed E-state index contributed by atoms with van der Waals surface area (Å²) in [7, 11) is 0. The second-order valence-electron chi connectivity index (χ2n) is 10.9. The fourth-order valence-electron chi connectivity index (χ4n) is 7.68. The number of allylic oxidation sites excluding steroid dienone is 4. The molecule has 3 fully saturated rings. The van der Waals surface area contributed by atoms with Crippen molar-refractivity contribution in [3.63, 3.8) is 0 Å². The molecule has 3 saturated carbocycles. The number of ether oxygens (including phenoxy) is 1. The average molecular weight is 442 g/mol. The van der Waals surface area contributed by atoms with E-state index in [-0.39, 0.29) is 46.9 Å². The molecule has 8 atom stereocenters. The van der Waals surface area contributed by atoms with Crippen LogP contribution in [0.4, 0.5) is 0 Å². The van der Waals surface area contributed by atoms with Gasteiger partial charge in [0.2, 0.25) is 0 Å². The number of fused-ring (bicyclic) bond motifs is 5. The van der Waals surface area contributed by atoms with Crippen LogP contribution in [0.2, 0.25) is 0 Å². The van der Waals surface area contributed by atoms with Crippen molar-refractivity contribution in [2.75, 3.05) is 0 Å². The highest BCUT2D eigenvalue weighted by Gasteiger charge is 2.64. The van der Waals surface area contributed by atoms with Gasteiger partial charge < -0.3 is 10.5 Å². The Labute approximate surface area is 190 Å². The largest absolute Gasteiger partial charge is 0.460 e. The molecule has 0 heterocycles. The molecule has 0 saturated heterocycles. The van der Waals surface area contributed by atoms with E-state index >= 15 is 0 Å². The number of nitrogens with two attached hydrogens (primary N) is 1. The van der Waals surface area contributed by atoms with Gasteiger partial charge in [0.15, 0.2) is 5.78 Å². The molecular formula is C26H35NO5. The minimum absolute atomic E-state index is 0.00713. The maximum Gasteiger partial charge on any atom is 0.302 e. The first-order chi connectivity index (χ1) is 14.9. The fraction of sp³-hybridized carbons (Fsp3) is 0.692. The molecule has 0 amide bonds. The third kappa shape index (κ3) is 3.25. The highest BCUT2D eigenvalue weighted by molar-refractivity contribution is 6.02. The van der Waals surface area contributed by atoms with E-state index in [1.807, 2.05) is 13.0 Å². The maximum atomic E-state index is 13.3. The number of hydrogen-bond donors (Lipinski definition) is 1. The summed E-state index contributed by atoms with van der Waals surface area (Å²) < 4.78 is 5.64. The lowest BCUT2D eigenvalue weighted by atomic mass is 9.46. The molecule has 4 aliphatic carbocycles. The summed E-state index contributed by atoms with van der Waals surface area (Å²) in [5, 5.41) is 0. The van der Waals surface area contributed by atoms with Crippen LogP contribution >= 0.6 is 0 Å². The monoisotopic (exact) mass is 441 g/mol. The molecule has 0 aromatic rings. The minimum atomic E-state index is -0.942. The Balaban J connectivity index is 1.77. The molecule has 32 heavy (non-hydrogen) atoms. The van der Waals surface area contributed by atoms with E-state index in [1.165, 1.54) is 19.4 Å². The van der Waals surface area contributed by atoms with Crippen molar-refractivity contribution in [3.05, 3.63) is 23.3 Å². The first-order valence-electron chi connectivity index (χ1n) is 11.8. The Morgan fingerprint density at radius 1 is 1.16 bits per heavy atom. The molecule has 2 N–H and O–H groups in total. The lowest BCUT2D eigenvalue weighted by Gasteiger charge is -2.58. The van der Waals surface area contributed by atoms with Gasteiger partial charge in [-0.15, -0.1) is 0 Å². The number of carbonyl (C=O) groups excluding carboxylic acids is 4. The summed E-state index contributed by atoms with van der Waals surface area (Å²) in [6, 6.07) is -0.942. The SMILES string of the molecule is CC(=O)O[C@@H](C(N)C(C)=O)[C@@H]1CC(=O)[C@@]2(C)CC[C@H]3[C@@H](CCC4=CC(=O)C=C(C)[C@@]43C)[C@H]12. The van der Waals surface area contributed by atoms with Crippen molar-refractivity contribution in [2.24, 2.45) is 40.2 Å². The molecule has 0 spiro atoms. The summed E-state index contributed by atoms with van der Waals surface area (Å²) in [5.41, 5.74) is 7.84. The van der Waals surface area contributed by atoms with E-state index in [2.05, 4.69) is 13.8 Å². The van der Waals surface area contributed by atoms with Crippen molar-refractivity contribution in [3.8, 4) is 0 Å². The quantitative estimate of drug-likeness (QED) is 0.671. The van der Waals surface area contributed by atoms with Gasteiger partial charge in [-0.25, -0.2) is 0 Å². The standard InChI is InChI=1S/C26H35NO5/c1-13-10-17(30)11-16-6-7-18-20(26(13,16)5)8-9-25(4)21(31)12-19(22(18)25)24(32-15(3)29)23(27)14(2)28/h10-11,18-20,22-24H,6-9,12,27H2,1-5H3/t18-,19-,20+,22-,23?,24-,25-,26+/m1/s1. The smallest absolute Gasteiger partial charge is 0.302 e. The molecule has 6 nitrogen and oxygen atoms in total. The Hall–Kier alpha value is -2.08. The number of ketones is 3. The van der Waals surface area contributed by atoms with Crippen molar-refractivity contribution in [2.45, 2.75) is 78.9 Å². The van der Waals surface area contributed by atoms with Crippen molar-refractivity contribution >= 4 is 23.3 Å². The number of Topliss-reactive ketones (excluding diaryl/α,β-unsaturated/α-hetero) is 2. The number of hydrogen-bond acceptors (Lipinski definition) is 6. The van der Waals surface area contributed by atoms with Gasteiger partial charge in [0.05, 0.1) is 0 Å². The summed E-state index contributed by atoms with van der Waals surface area (Å²) >= 11 is 0. The molecule has 0 aromatic carbocycles. The molecule has 4 aliphatic rings. The molecule has 0 aliphatic heterocycles. The molecule has 0 radical (unpaired) electrons. The normalized spacial score (nSPS) is 40.3. The predicted octanol–water partition coefficient (Wildman–Crippen LogP) is 3.33. The Morgan fingerprint density at radius 3 is 2.47 bits per heavy atom. The highest BCUT2D eigenvalue weighted by atomic mass is 16.5. The van der Waals surface area contributed by atoms with Crippen molar-refractivity contribution < 1.29 is 23.9 Å². The molecule has 0 bridgehead atoms. The topological polar surface area (TPSA) is 104 Å². The molecule has 174 valence electrons. The average Bonchev–Trinajstić information content (AvgIpc) is 2.97. The fourth-order valence-corrected chi connectivity index (χ4v) is 7.68. The second kappa shape index (κ2) is 7.75. The zero-order valence-corrected chi connectivity index (χ0v) is 19.8. The highest BCUT2D eigenvalue weighted by Crippen LogP contribution is 2.66. The van der Waals surface area contributed by atoms with Crippen LogP contribution in [0, 0.1) is 34.5 Å². The van der Waals surface area contributed by atoms with Crippen LogP contribution in [0.1, 0.15) is 66.7 Å². The van der Waals surface area contributed by atoms with Crippen LogP contribution in [-0.2, 0) is 23.9 Å². The third-order valence-electron chi connectivity index (χ3n) is 9.41. The first kappa shape index (κ1) is 23.1. The van der Waals surface area contributed by atoms with Crippen LogP contribution in [0.3, 0.4) is 0 Å². The van der Waals surface area contributed by atoms with Gasteiger partial charge in [-0.05, 0) is 69.4 Å². The summed E-state index contributed by atoms with van der Waals surface area (Å²) in [4.78, 5) is 49.7. The van der Waals surface area contributed by atoms with Crippen molar-refractivity contribution in [1.82, 2.24) is 0 Å². The van der Waals surface area contributed by atoms with Crippen LogP contribution < -0.4 is 5.73 Å².